The summed E-state index contributed by atoms with van der Waals surface area (Å²) in [7, 11) is 0. The summed E-state index contributed by atoms with van der Waals surface area (Å²) < 4.78 is 26.8. The van der Waals surface area contributed by atoms with Crippen LogP contribution in [0.3, 0.4) is 0 Å². The van der Waals surface area contributed by atoms with Crippen LogP contribution < -0.4 is 5.32 Å². The maximum Gasteiger partial charge on any atom is 0.179 e. The van der Waals surface area contributed by atoms with Gasteiger partial charge in [-0.25, -0.2) is 8.78 Å². The van der Waals surface area contributed by atoms with Gasteiger partial charge < -0.3 is 5.32 Å². The van der Waals surface area contributed by atoms with Crippen molar-refractivity contribution in [2.45, 2.75) is 6.30 Å². The zero-order valence-electron chi connectivity index (χ0n) is 8.42. The summed E-state index contributed by atoms with van der Waals surface area (Å²) in [6.45, 7) is 2.90. The third-order valence-corrected chi connectivity index (χ3v) is 2.60. The number of piperazine rings is 1. The Bertz CT molecular complexity index is 324. The van der Waals surface area contributed by atoms with Crippen LogP contribution >= 0.6 is 0 Å². The molecule has 0 saturated carbocycles. The highest BCUT2D eigenvalue weighted by Gasteiger charge is 2.21. The lowest BCUT2D eigenvalue weighted by Crippen LogP contribution is -2.44. The Morgan fingerprint density at radius 1 is 1.27 bits per heavy atom. The number of rotatable bonds is 2. The molecule has 1 saturated heterocycles. The van der Waals surface area contributed by atoms with E-state index in [1.807, 2.05) is 0 Å². The lowest BCUT2D eigenvalue weighted by Gasteiger charge is -2.30. The molecule has 1 N–H and O–H groups in total. The summed E-state index contributed by atoms with van der Waals surface area (Å²) in [5.74, 6) is -0.384. The van der Waals surface area contributed by atoms with Gasteiger partial charge in [0.25, 0.3) is 0 Å². The van der Waals surface area contributed by atoms with E-state index in [1.54, 1.807) is 17.0 Å². The summed E-state index contributed by atoms with van der Waals surface area (Å²) in [6.07, 6.45) is -1.19. The van der Waals surface area contributed by atoms with Gasteiger partial charge in [-0.05, 0) is 12.1 Å². The van der Waals surface area contributed by atoms with Crippen LogP contribution in [-0.2, 0) is 0 Å². The Kier molecular flexibility index (Phi) is 3.28. The average Bonchev–Trinajstić information content (AvgIpc) is 2.29. The smallest absolute Gasteiger partial charge is 0.179 e. The van der Waals surface area contributed by atoms with Gasteiger partial charge in [0.15, 0.2) is 6.30 Å². The molecule has 2 nitrogen and oxygen atoms in total. The maximum atomic E-state index is 13.9. The Morgan fingerprint density at radius 2 is 2.00 bits per heavy atom. The number of halogens is 2. The van der Waals surface area contributed by atoms with Crippen molar-refractivity contribution in [2.75, 3.05) is 26.2 Å². The fraction of sp³-hybridized carbons (Fsp3) is 0.455. The number of alkyl halides is 1. The van der Waals surface area contributed by atoms with Crippen LogP contribution in [0.15, 0.2) is 24.3 Å². The zero-order valence-corrected chi connectivity index (χ0v) is 8.42. The number of nitrogens with one attached hydrogen (secondary N) is 1. The van der Waals surface area contributed by atoms with Crippen molar-refractivity contribution >= 4 is 0 Å². The van der Waals surface area contributed by atoms with Crippen LogP contribution in [0.2, 0.25) is 0 Å². The van der Waals surface area contributed by atoms with Gasteiger partial charge in [-0.3, -0.25) is 4.90 Å². The second-order valence-corrected chi connectivity index (χ2v) is 3.68. The molecule has 82 valence electrons. The molecule has 0 aromatic heterocycles. The molecule has 1 fully saturated rings. The van der Waals surface area contributed by atoms with Crippen LogP contribution in [0.25, 0.3) is 0 Å². The summed E-state index contributed by atoms with van der Waals surface area (Å²) in [5, 5.41) is 3.15. The van der Waals surface area contributed by atoms with E-state index in [2.05, 4.69) is 5.32 Å². The molecule has 0 spiro atoms. The third-order valence-electron chi connectivity index (χ3n) is 2.60. The molecule has 1 unspecified atom stereocenters. The van der Waals surface area contributed by atoms with Crippen molar-refractivity contribution in [1.82, 2.24) is 10.2 Å². The molecule has 1 aliphatic rings. The number of nitrogens with zero attached hydrogens (tertiary/aromatic N) is 1. The molecule has 0 aliphatic carbocycles. The number of hydrogen-bond donors (Lipinski definition) is 1. The van der Waals surface area contributed by atoms with Crippen molar-refractivity contribution in [3.8, 4) is 0 Å². The third kappa shape index (κ3) is 2.52. The number of benzene rings is 1. The van der Waals surface area contributed by atoms with Crippen LogP contribution in [0, 0.1) is 5.82 Å². The molecule has 4 heteroatoms. The zero-order chi connectivity index (χ0) is 10.7. The average molecular weight is 212 g/mol. The van der Waals surface area contributed by atoms with Crippen LogP contribution in [0.5, 0.6) is 0 Å². The van der Waals surface area contributed by atoms with E-state index in [0.717, 1.165) is 13.1 Å². The minimum atomic E-state index is -1.19. The quantitative estimate of drug-likeness (QED) is 0.751. The molecular weight excluding hydrogens is 198 g/mol. The van der Waals surface area contributed by atoms with E-state index in [-0.39, 0.29) is 5.82 Å². The lowest BCUT2D eigenvalue weighted by atomic mass is 10.2. The van der Waals surface area contributed by atoms with Crippen molar-refractivity contribution in [3.63, 3.8) is 0 Å². The summed E-state index contributed by atoms with van der Waals surface area (Å²) >= 11 is 0. The molecule has 1 aromatic carbocycles. The first-order valence-electron chi connectivity index (χ1n) is 5.12. The molecule has 2 rings (SSSR count). The Balaban J connectivity index is 2.08. The highest BCUT2D eigenvalue weighted by molar-refractivity contribution is 5.18. The largest absolute Gasteiger partial charge is 0.314 e. The van der Waals surface area contributed by atoms with Crippen LogP contribution in [-0.4, -0.2) is 31.1 Å². The summed E-state index contributed by atoms with van der Waals surface area (Å²) in [6, 6.07) is 5.75. The molecule has 1 atom stereocenters. The first kappa shape index (κ1) is 10.5. The first-order valence-corrected chi connectivity index (χ1v) is 5.12. The molecule has 1 heterocycles. The number of hydrogen-bond acceptors (Lipinski definition) is 2. The van der Waals surface area contributed by atoms with E-state index >= 15 is 0 Å². The van der Waals surface area contributed by atoms with Crippen LogP contribution in [0.4, 0.5) is 8.78 Å². The van der Waals surface area contributed by atoms with E-state index < -0.39 is 6.30 Å². The molecular formula is C11H14F2N2. The fourth-order valence-electron chi connectivity index (χ4n) is 1.77. The molecule has 15 heavy (non-hydrogen) atoms. The van der Waals surface area contributed by atoms with E-state index in [4.69, 9.17) is 0 Å². The van der Waals surface area contributed by atoms with Gasteiger partial charge in [0.1, 0.15) is 5.82 Å². The van der Waals surface area contributed by atoms with Gasteiger partial charge in [-0.1, -0.05) is 12.1 Å². The first-order chi connectivity index (χ1) is 7.27. The Labute approximate surface area is 87.9 Å². The standard InChI is InChI=1S/C11H14F2N2/c12-10-3-1-2-9(8-10)11(13)15-6-4-14-5-7-15/h1-3,8,11,14H,4-7H2. The lowest BCUT2D eigenvalue weighted by molar-refractivity contribution is 0.0697. The molecule has 1 aliphatic heterocycles. The van der Waals surface area contributed by atoms with E-state index in [1.165, 1.54) is 12.1 Å². The minimum Gasteiger partial charge on any atom is -0.314 e. The van der Waals surface area contributed by atoms with Crippen molar-refractivity contribution in [2.24, 2.45) is 0 Å². The SMILES string of the molecule is Fc1cccc(C(F)N2CCNCC2)c1. The van der Waals surface area contributed by atoms with Gasteiger partial charge in [0, 0.05) is 31.7 Å². The second-order valence-electron chi connectivity index (χ2n) is 3.68. The normalized spacial score (nSPS) is 20.1. The second kappa shape index (κ2) is 4.68. The van der Waals surface area contributed by atoms with Gasteiger partial charge >= 0.3 is 0 Å². The van der Waals surface area contributed by atoms with Crippen molar-refractivity contribution in [3.05, 3.63) is 35.6 Å². The molecule has 0 bridgehead atoms. The highest BCUT2D eigenvalue weighted by atomic mass is 19.1. The van der Waals surface area contributed by atoms with Gasteiger partial charge in [0.2, 0.25) is 0 Å². The Morgan fingerprint density at radius 3 is 2.67 bits per heavy atom. The molecule has 0 amide bonds. The topological polar surface area (TPSA) is 15.3 Å². The predicted molar refractivity (Wildman–Crippen MR) is 54.7 cm³/mol. The monoisotopic (exact) mass is 212 g/mol. The highest BCUT2D eigenvalue weighted by Crippen LogP contribution is 2.22. The van der Waals surface area contributed by atoms with E-state index in [9.17, 15) is 8.78 Å². The van der Waals surface area contributed by atoms with E-state index in [0.29, 0.717) is 18.7 Å². The fourth-order valence-corrected chi connectivity index (χ4v) is 1.77. The predicted octanol–water partition coefficient (Wildman–Crippen LogP) is 1.70. The minimum absolute atomic E-state index is 0.384. The van der Waals surface area contributed by atoms with Crippen molar-refractivity contribution in [1.29, 1.82) is 0 Å². The summed E-state index contributed by atoms with van der Waals surface area (Å²) in [4.78, 5) is 1.71. The van der Waals surface area contributed by atoms with Crippen LogP contribution in [0.1, 0.15) is 11.9 Å². The van der Waals surface area contributed by atoms with Gasteiger partial charge in [-0.2, -0.15) is 0 Å². The van der Waals surface area contributed by atoms with Crippen molar-refractivity contribution < 1.29 is 8.78 Å². The molecule has 0 radical (unpaired) electrons. The Hall–Kier alpha value is -1.00. The van der Waals surface area contributed by atoms with Gasteiger partial charge in [-0.15, -0.1) is 0 Å². The summed E-state index contributed by atoms with van der Waals surface area (Å²) in [5.41, 5.74) is 0.400. The molecule has 1 aromatic rings. The maximum absolute atomic E-state index is 13.9. The van der Waals surface area contributed by atoms with Gasteiger partial charge in [0.05, 0.1) is 0 Å².